The van der Waals surface area contributed by atoms with Crippen LogP contribution in [0.1, 0.15) is 52.7 Å². The van der Waals surface area contributed by atoms with Crippen LogP contribution in [0.25, 0.3) is 0 Å². The van der Waals surface area contributed by atoms with Crippen LogP contribution < -0.4 is 0 Å². The molecule has 29 heavy (non-hydrogen) atoms. The van der Waals surface area contributed by atoms with Crippen molar-refractivity contribution in [2.75, 3.05) is 19.0 Å². The topological polar surface area (TPSA) is 104 Å². The standard InChI is InChI=1S/C20H22O7S.K/c1-11-10-13(18(23)16-14(21)4-3-5-15(16)22)12(2)17-19(11)28(24,25)9-6-20(17)26-7-8-27-20;/h10,16H,3-9H2,1-2H3;. The van der Waals surface area contributed by atoms with E-state index in [9.17, 15) is 22.8 Å². The van der Waals surface area contributed by atoms with E-state index in [1.165, 1.54) is 6.07 Å². The van der Waals surface area contributed by atoms with Gasteiger partial charge in [0.1, 0.15) is 5.92 Å². The third kappa shape index (κ3) is 3.78. The zero-order valence-corrected chi connectivity index (χ0v) is 20.8. The number of sulfone groups is 1. The molecule has 0 bridgehead atoms. The van der Waals surface area contributed by atoms with Crippen molar-refractivity contribution in [2.24, 2.45) is 5.92 Å². The maximum absolute atomic E-state index is 13.2. The van der Waals surface area contributed by atoms with Crippen molar-refractivity contribution < 1.29 is 32.3 Å². The van der Waals surface area contributed by atoms with Crippen molar-refractivity contribution in [2.45, 2.75) is 50.2 Å². The van der Waals surface area contributed by atoms with Gasteiger partial charge in [0.25, 0.3) is 0 Å². The molecule has 9 heteroatoms. The third-order valence-corrected chi connectivity index (χ3v) is 7.78. The summed E-state index contributed by atoms with van der Waals surface area (Å²) in [5.41, 5.74) is 1.34. The summed E-state index contributed by atoms with van der Waals surface area (Å²) in [5.74, 6) is -3.90. The quantitative estimate of drug-likeness (QED) is 0.385. The maximum atomic E-state index is 13.2. The average Bonchev–Trinajstić information content (AvgIpc) is 3.09. The van der Waals surface area contributed by atoms with Crippen molar-refractivity contribution >= 4 is 78.6 Å². The van der Waals surface area contributed by atoms with E-state index in [1.54, 1.807) is 13.8 Å². The van der Waals surface area contributed by atoms with Gasteiger partial charge >= 0.3 is 0 Å². The largest absolute Gasteiger partial charge is 0.343 e. The van der Waals surface area contributed by atoms with E-state index >= 15 is 0 Å². The Hall–Kier alpha value is -0.264. The molecule has 0 atom stereocenters. The number of benzene rings is 1. The van der Waals surface area contributed by atoms with Crippen LogP contribution in [0.3, 0.4) is 0 Å². The molecule has 1 aromatic rings. The van der Waals surface area contributed by atoms with Gasteiger partial charge in [0.2, 0.25) is 0 Å². The first-order valence-electron chi connectivity index (χ1n) is 9.43. The molecule has 1 spiro atoms. The van der Waals surface area contributed by atoms with Gasteiger partial charge < -0.3 is 9.47 Å². The summed E-state index contributed by atoms with van der Waals surface area (Å²) in [5, 5.41) is 0. The van der Waals surface area contributed by atoms with Crippen molar-refractivity contribution in [1.82, 2.24) is 0 Å². The fraction of sp³-hybridized carbons (Fsp3) is 0.550. The Kier molecular flexibility index (Phi) is 6.74. The number of hydrogen-bond acceptors (Lipinski definition) is 7. The van der Waals surface area contributed by atoms with Gasteiger partial charge in [-0.3, -0.25) is 14.4 Å². The number of carbonyl (C=O) groups is 3. The predicted octanol–water partition coefficient (Wildman–Crippen LogP) is 1.42. The normalized spacial score (nSPS) is 23.0. The Morgan fingerprint density at radius 3 is 2.28 bits per heavy atom. The Balaban J connectivity index is 0.00000240. The van der Waals surface area contributed by atoms with Crippen LogP contribution in [-0.4, -0.2) is 96.1 Å². The molecule has 2 heterocycles. The van der Waals surface area contributed by atoms with E-state index in [1.807, 2.05) is 0 Å². The number of aryl methyl sites for hydroxylation is 1. The van der Waals surface area contributed by atoms with Gasteiger partial charge in [0.05, 0.1) is 23.9 Å². The van der Waals surface area contributed by atoms with Crippen LogP contribution in [0, 0.1) is 19.8 Å². The number of hydrogen-bond donors (Lipinski definition) is 0. The van der Waals surface area contributed by atoms with E-state index in [4.69, 9.17) is 9.47 Å². The number of ether oxygens (including phenoxy) is 2. The molecule has 0 aromatic heterocycles. The minimum atomic E-state index is -3.55. The Morgan fingerprint density at radius 2 is 1.69 bits per heavy atom. The fourth-order valence-electron chi connectivity index (χ4n) is 4.60. The second-order valence-corrected chi connectivity index (χ2v) is 9.72. The van der Waals surface area contributed by atoms with Crippen molar-refractivity contribution in [3.63, 3.8) is 0 Å². The summed E-state index contributed by atoms with van der Waals surface area (Å²) < 4.78 is 37.2. The summed E-state index contributed by atoms with van der Waals surface area (Å²) in [7, 11) is -3.55. The Morgan fingerprint density at radius 1 is 1.10 bits per heavy atom. The van der Waals surface area contributed by atoms with Crippen LogP contribution >= 0.6 is 0 Å². The van der Waals surface area contributed by atoms with Crippen molar-refractivity contribution in [1.29, 1.82) is 0 Å². The SMILES string of the molecule is Cc1cc(C(=O)C2C(=O)CCCC2=O)c(C)c2c1S(=O)(=O)CCC21OCCO1.[K]. The second-order valence-electron chi connectivity index (χ2n) is 7.67. The zero-order valence-electron chi connectivity index (χ0n) is 16.9. The fourth-order valence-corrected chi connectivity index (χ4v) is 6.51. The van der Waals surface area contributed by atoms with Gasteiger partial charge in [0.15, 0.2) is 33.0 Å². The van der Waals surface area contributed by atoms with E-state index in [-0.39, 0.29) is 98.4 Å². The monoisotopic (exact) mass is 445 g/mol. The number of fused-ring (bicyclic) bond motifs is 2. The summed E-state index contributed by atoms with van der Waals surface area (Å²) in [4.78, 5) is 37.8. The smallest absolute Gasteiger partial charge is 0.197 e. The van der Waals surface area contributed by atoms with Gasteiger partial charge in [-0.1, -0.05) is 0 Å². The third-order valence-electron chi connectivity index (χ3n) is 5.89. The van der Waals surface area contributed by atoms with Gasteiger partial charge in [-0.15, -0.1) is 0 Å². The molecular weight excluding hydrogens is 423 g/mol. The minimum absolute atomic E-state index is 0. The predicted molar refractivity (Wildman–Crippen MR) is 104 cm³/mol. The number of carbonyl (C=O) groups excluding carboxylic acids is 3. The Bertz CT molecular complexity index is 990. The molecule has 2 fully saturated rings. The van der Waals surface area contributed by atoms with Crippen LogP contribution in [-0.2, 0) is 34.7 Å². The molecule has 2 aliphatic heterocycles. The van der Waals surface area contributed by atoms with Crippen LogP contribution in [0.15, 0.2) is 11.0 Å². The second kappa shape index (κ2) is 8.35. The first kappa shape index (κ1) is 23.4. The molecule has 7 nitrogen and oxygen atoms in total. The van der Waals surface area contributed by atoms with Gasteiger partial charge in [-0.2, -0.15) is 0 Å². The van der Waals surface area contributed by atoms with E-state index in [0.717, 1.165) is 0 Å². The molecular formula is C20H22KO7S. The van der Waals surface area contributed by atoms with E-state index < -0.39 is 27.3 Å². The van der Waals surface area contributed by atoms with Gasteiger partial charge in [-0.25, -0.2) is 8.42 Å². The first-order valence-corrected chi connectivity index (χ1v) is 11.1. The number of Topliss-reactive ketones (excluding diaryl/α,β-unsaturated/α-hetero) is 3. The summed E-state index contributed by atoms with van der Waals surface area (Å²) >= 11 is 0. The molecule has 1 saturated carbocycles. The van der Waals surface area contributed by atoms with Gasteiger partial charge in [-0.05, 0) is 37.5 Å². The molecule has 151 valence electrons. The van der Waals surface area contributed by atoms with Crippen molar-refractivity contribution in [3.05, 3.63) is 28.3 Å². The minimum Gasteiger partial charge on any atom is -0.343 e. The van der Waals surface area contributed by atoms with E-state index in [0.29, 0.717) is 36.3 Å². The van der Waals surface area contributed by atoms with Crippen molar-refractivity contribution in [3.8, 4) is 0 Å². The molecule has 1 aromatic carbocycles. The Labute approximate surface area is 212 Å². The molecule has 0 amide bonds. The summed E-state index contributed by atoms with van der Waals surface area (Å²) in [6.07, 6.45) is 1.01. The molecule has 1 saturated heterocycles. The first-order chi connectivity index (χ1) is 13.2. The van der Waals surface area contributed by atoms with Crippen LogP contribution in [0.4, 0.5) is 0 Å². The van der Waals surface area contributed by atoms with E-state index in [2.05, 4.69) is 0 Å². The molecule has 3 aliphatic rings. The van der Waals surface area contributed by atoms with Gasteiger partial charge in [0, 0.05) is 81.8 Å². The average molecular weight is 446 g/mol. The van der Waals surface area contributed by atoms with Crippen LogP contribution in [0.5, 0.6) is 0 Å². The molecule has 1 aliphatic carbocycles. The number of rotatable bonds is 2. The maximum Gasteiger partial charge on any atom is 0.197 e. The molecule has 0 unspecified atom stereocenters. The molecule has 0 N–H and O–H groups in total. The zero-order chi connectivity index (χ0) is 20.3. The van der Waals surface area contributed by atoms with Crippen LogP contribution in [0.2, 0.25) is 0 Å². The molecule has 1 radical (unpaired) electrons. The number of ketones is 3. The molecule has 4 rings (SSSR count). The summed E-state index contributed by atoms with van der Waals surface area (Å²) in [6.45, 7) is 3.91. The summed E-state index contributed by atoms with van der Waals surface area (Å²) in [6, 6.07) is 1.48.